The van der Waals surface area contributed by atoms with Crippen LogP contribution in [-0.2, 0) is 16.1 Å². The Bertz CT molecular complexity index is 696. The third kappa shape index (κ3) is 2.90. The number of benzene rings is 1. The van der Waals surface area contributed by atoms with Gasteiger partial charge < -0.3 is 0 Å². The molecule has 5 heteroatoms. The van der Waals surface area contributed by atoms with Crippen LogP contribution in [0, 0.1) is 0 Å². The molecule has 2 amide bonds. The fourth-order valence-electron chi connectivity index (χ4n) is 2.56. The number of fused-ring (bicyclic) bond motifs is 1. The van der Waals surface area contributed by atoms with Crippen molar-refractivity contribution < 1.29 is 9.59 Å². The first-order valence-corrected chi connectivity index (χ1v) is 7.40. The molecule has 0 saturated carbocycles. The summed E-state index contributed by atoms with van der Waals surface area (Å²) in [7, 11) is 0. The van der Waals surface area contributed by atoms with E-state index >= 15 is 0 Å². The lowest BCUT2D eigenvalue weighted by Gasteiger charge is -2.19. The van der Waals surface area contributed by atoms with E-state index in [2.05, 4.69) is 4.98 Å². The number of pyridine rings is 1. The summed E-state index contributed by atoms with van der Waals surface area (Å²) in [5.74, 6) is -0.247. The summed E-state index contributed by atoms with van der Waals surface area (Å²) in [6.07, 6.45) is 2.38. The van der Waals surface area contributed by atoms with Crippen molar-refractivity contribution in [2.75, 3.05) is 0 Å². The number of carbonyl (C=O) groups is 2. The van der Waals surface area contributed by atoms with Crippen molar-refractivity contribution >= 4 is 34.3 Å². The number of halogens is 1. The summed E-state index contributed by atoms with van der Waals surface area (Å²) in [5, 5.41) is 1.30. The van der Waals surface area contributed by atoms with E-state index in [9.17, 15) is 9.59 Å². The van der Waals surface area contributed by atoms with Gasteiger partial charge in [0.05, 0.1) is 12.1 Å². The van der Waals surface area contributed by atoms with Crippen molar-refractivity contribution in [2.24, 2.45) is 0 Å². The largest absolute Gasteiger partial charge is 0.278 e. The lowest BCUT2D eigenvalue weighted by molar-refractivity contribution is -0.144. The lowest BCUT2D eigenvalue weighted by atomic mass is 10.1. The highest BCUT2D eigenvalue weighted by atomic mass is 35.5. The molecule has 0 aliphatic carbocycles. The summed E-state index contributed by atoms with van der Waals surface area (Å²) in [5.41, 5.74) is 1.51. The number of amides is 2. The lowest BCUT2D eigenvalue weighted by Crippen LogP contribution is -2.34. The van der Waals surface area contributed by atoms with Gasteiger partial charge >= 0.3 is 0 Å². The van der Waals surface area contributed by atoms with Crippen LogP contribution in [0.15, 0.2) is 30.3 Å². The minimum absolute atomic E-state index is 0.123. The number of hydrogen-bond acceptors (Lipinski definition) is 3. The zero-order valence-electron chi connectivity index (χ0n) is 11.5. The molecule has 0 atom stereocenters. The Morgan fingerprint density at radius 2 is 1.76 bits per heavy atom. The Labute approximate surface area is 127 Å². The number of carbonyl (C=O) groups excluding carboxylic acids is 2. The Morgan fingerprint density at radius 3 is 2.48 bits per heavy atom. The zero-order chi connectivity index (χ0) is 14.8. The first-order valence-electron chi connectivity index (χ1n) is 7.02. The van der Waals surface area contributed by atoms with Gasteiger partial charge in [0.2, 0.25) is 11.8 Å². The molecular weight excluding hydrogens is 288 g/mol. The minimum atomic E-state index is -0.123. The maximum Gasteiger partial charge on any atom is 0.229 e. The minimum Gasteiger partial charge on any atom is -0.278 e. The molecule has 1 fully saturated rings. The molecule has 21 heavy (non-hydrogen) atoms. The van der Waals surface area contributed by atoms with Crippen molar-refractivity contribution in [3.63, 3.8) is 0 Å². The van der Waals surface area contributed by atoms with Gasteiger partial charge in [-0.05, 0) is 25.0 Å². The fraction of sp³-hybridized carbons (Fsp3) is 0.312. The van der Waals surface area contributed by atoms with E-state index in [1.165, 1.54) is 4.90 Å². The van der Waals surface area contributed by atoms with Gasteiger partial charge in [-0.25, -0.2) is 4.98 Å². The molecule has 0 N–H and O–H groups in total. The molecule has 1 saturated heterocycles. The fourth-order valence-corrected chi connectivity index (χ4v) is 2.76. The highest BCUT2D eigenvalue weighted by molar-refractivity contribution is 6.30. The second-order valence-electron chi connectivity index (χ2n) is 5.21. The van der Waals surface area contributed by atoms with E-state index in [0.717, 1.165) is 23.7 Å². The standard InChI is InChI=1S/C16H15ClN2O2/c17-16-12(9-11-5-1-2-6-13(11)18-16)10-19-14(20)7-3-4-8-15(19)21/h1-2,5-6,9H,3-4,7-8,10H2. The van der Waals surface area contributed by atoms with Crippen LogP contribution in [0.2, 0.25) is 5.15 Å². The number of hydrogen-bond donors (Lipinski definition) is 0. The molecule has 1 aromatic carbocycles. The van der Waals surface area contributed by atoms with Crippen molar-refractivity contribution in [2.45, 2.75) is 32.2 Å². The van der Waals surface area contributed by atoms with Gasteiger partial charge in [0, 0.05) is 23.8 Å². The smallest absolute Gasteiger partial charge is 0.229 e. The Morgan fingerprint density at radius 1 is 1.10 bits per heavy atom. The van der Waals surface area contributed by atoms with E-state index < -0.39 is 0 Å². The van der Waals surface area contributed by atoms with Gasteiger partial charge in [-0.3, -0.25) is 14.5 Å². The molecule has 3 rings (SSSR count). The highest BCUT2D eigenvalue weighted by Gasteiger charge is 2.25. The number of nitrogens with zero attached hydrogens (tertiary/aromatic N) is 2. The average Bonchev–Trinajstić information content (AvgIpc) is 2.63. The van der Waals surface area contributed by atoms with Crippen LogP contribution in [-0.4, -0.2) is 21.7 Å². The topological polar surface area (TPSA) is 50.3 Å². The number of likely N-dealkylation sites (tertiary alicyclic amines) is 1. The second-order valence-corrected chi connectivity index (χ2v) is 5.57. The van der Waals surface area contributed by atoms with Crippen molar-refractivity contribution in [3.05, 3.63) is 41.0 Å². The first kappa shape index (κ1) is 14.0. The molecule has 1 aliphatic heterocycles. The Balaban J connectivity index is 1.94. The van der Waals surface area contributed by atoms with Crippen molar-refractivity contribution in [1.82, 2.24) is 9.88 Å². The van der Waals surface area contributed by atoms with E-state index in [0.29, 0.717) is 23.6 Å². The molecule has 0 unspecified atom stereocenters. The summed E-state index contributed by atoms with van der Waals surface area (Å²) in [6, 6.07) is 9.54. The van der Waals surface area contributed by atoms with E-state index in [1.807, 2.05) is 30.3 Å². The van der Waals surface area contributed by atoms with Gasteiger partial charge in [0.15, 0.2) is 0 Å². The van der Waals surface area contributed by atoms with Crippen molar-refractivity contribution in [3.8, 4) is 0 Å². The van der Waals surface area contributed by atoms with E-state index in [4.69, 9.17) is 11.6 Å². The SMILES string of the molecule is O=C1CCCCC(=O)N1Cc1cc2ccccc2nc1Cl. The Hall–Kier alpha value is -1.94. The second kappa shape index (κ2) is 5.82. The van der Waals surface area contributed by atoms with Crippen LogP contribution in [0.1, 0.15) is 31.2 Å². The summed E-state index contributed by atoms with van der Waals surface area (Å²) < 4.78 is 0. The van der Waals surface area contributed by atoms with Crippen LogP contribution < -0.4 is 0 Å². The van der Waals surface area contributed by atoms with Crippen LogP contribution in [0.5, 0.6) is 0 Å². The maximum absolute atomic E-state index is 12.0. The van der Waals surface area contributed by atoms with Crippen molar-refractivity contribution in [1.29, 1.82) is 0 Å². The monoisotopic (exact) mass is 302 g/mol. The summed E-state index contributed by atoms with van der Waals surface area (Å²) >= 11 is 6.20. The third-order valence-corrected chi connectivity index (χ3v) is 4.04. The molecule has 2 aromatic rings. The predicted octanol–water partition coefficient (Wildman–Crippen LogP) is 3.32. The molecule has 0 spiro atoms. The molecule has 4 nitrogen and oxygen atoms in total. The van der Waals surface area contributed by atoms with Gasteiger partial charge in [-0.15, -0.1) is 0 Å². The molecule has 108 valence electrons. The Kier molecular flexibility index (Phi) is 3.88. The molecule has 0 radical (unpaired) electrons. The quantitative estimate of drug-likeness (QED) is 0.631. The van der Waals surface area contributed by atoms with Gasteiger partial charge in [-0.2, -0.15) is 0 Å². The number of rotatable bonds is 2. The molecule has 1 aliphatic rings. The molecule has 0 bridgehead atoms. The third-order valence-electron chi connectivity index (χ3n) is 3.71. The normalized spacial score (nSPS) is 16.3. The van der Waals surface area contributed by atoms with Gasteiger partial charge in [0.1, 0.15) is 5.15 Å². The van der Waals surface area contributed by atoms with Gasteiger partial charge in [-0.1, -0.05) is 29.8 Å². The molecule has 2 heterocycles. The van der Waals surface area contributed by atoms with Crippen LogP contribution in [0.4, 0.5) is 0 Å². The number of para-hydroxylation sites is 1. The summed E-state index contributed by atoms with van der Waals surface area (Å²) in [6.45, 7) is 0.203. The first-order chi connectivity index (χ1) is 10.1. The molecular formula is C16H15ClN2O2. The average molecular weight is 303 g/mol. The van der Waals surface area contributed by atoms with E-state index in [1.54, 1.807) is 0 Å². The van der Waals surface area contributed by atoms with Crippen LogP contribution >= 0.6 is 11.6 Å². The van der Waals surface area contributed by atoms with E-state index in [-0.39, 0.29) is 18.4 Å². The zero-order valence-corrected chi connectivity index (χ0v) is 12.3. The number of imide groups is 1. The number of aromatic nitrogens is 1. The van der Waals surface area contributed by atoms with Crippen LogP contribution in [0.3, 0.4) is 0 Å². The maximum atomic E-state index is 12.0. The highest BCUT2D eigenvalue weighted by Crippen LogP contribution is 2.23. The van der Waals surface area contributed by atoms with Crippen LogP contribution in [0.25, 0.3) is 10.9 Å². The van der Waals surface area contributed by atoms with Gasteiger partial charge in [0.25, 0.3) is 0 Å². The summed E-state index contributed by atoms with van der Waals surface area (Å²) in [4.78, 5) is 29.7. The molecule has 1 aromatic heterocycles. The predicted molar refractivity (Wildman–Crippen MR) is 80.8 cm³/mol.